The Hall–Kier alpha value is -1.95. The number of hydrogen-bond donors (Lipinski definition) is 4. The zero-order valence-corrected chi connectivity index (χ0v) is 14.7. The van der Waals surface area contributed by atoms with Crippen LogP contribution in [0.5, 0.6) is 0 Å². The highest BCUT2D eigenvalue weighted by atomic mass is 16.4. The van der Waals surface area contributed by atoms with E-state index in [4.69, 9.17) is 5.11 Å². The van der Waals surface area contributed by atoms with Crippen molar-refractivity contribution in [3.8, 4) is 0 Å². The van der Waals surface area contributed by atoms with Crippen LogP contribution in [-0.2, 0) is 4.79 Å². The van der Waals surface area contributed by atoms with Crippen LogP contribution in [0.1, 0.15) is 39.0 Å². The molecule has 0 fully saturated rings. The van der Waals surface area contributed by atoms with E-state index >= 15 is 0 Å². The third kappa shape index (κ3) is 15.3. The van der Waals surface area contributed by atoms with Gasteiger partial charge in [0.2, 0.25) is 0 Å². The summed E-state index contributed by atoms with van der Waals surface area (Å²) in [6, 6.07) is 0. The van der Waals surface area contributed by atoms with E-state index in [0.717, 1.165) is 6.42 Å². The first-order valence-electron chi connectivity index (χ1n) is 8.56. The summed E-state index contributed by atoms with van der Waals surface area (Å²) in [4.78, 5) is 10.4. The van der Waals surface area contributed by atoms with Gasteiger partial charge in [-0.05, 0) is 25.7 Å². The molecule has 0 rings (SSSR count). The highest BCUT2D eigenvalue weighted by molar-refractivity contribution is 5.66. The van der Waals surface area contributed by atoms with Crippen molar-refractivity contribution in [2.75, 3.05) is 0 Å². The Morgan fingerprint density at radius 1 is 0.920 bits per heavy atom. The van der Waals surface area contributed by atoms with Crippen molar-refractivity contribution in [3.05, 3.63) is 60.8 Å². The summed E-state index contributed by atoms with van der Waals surface area (Å²) in [5.41, 5.74) is 0. The average Bonchev–Trinajstić information content (AvgIpc) is 2.56. The predicted molar refractivity (Wildman–Crippen MR) is 100 cm³/mol. The molecule has 0 saturated heterocycles. The van der Waals surface area contributed by atoms with Crippen LogP contribution in [-0.4, -0.2) is 44.7 Å². The number of rotatable bonds is 13. The highest BCUT2D eigenvalue weighted by Crippen LogP contribution is 2.06. The lowest BCUT2D eigenvalue weighted by atomic mass is 10.1. The van der Waals surface area contributed by atoms with E-state index in [9.17, 15) is 20.1 Å². The standard InChI is InChI=1S/C20H30O5/c1-2-3-8-12-17(21)13-9-6-4-5-7-10-14-18(22)19(23)15-11-16-20(24)25/h3-10,13-14,17-19,21-23H,2,11-12,15-16H2,1H3,(H,24,25)/b6-4+,7-5?,8-3?,13-9+,14-10?/t17?,18-,19?/m1/s1. The van der Waals surface area contributed by atoms with Crippen molar-refractivity contribution in [3.63, 3.8) is 0 Å². The molecule has 0 aliphatic rings. The second kappa shape index (κ2) is 15.6. The second-order valence-corrected chi connectivity index (χ2v) is 5.57. The Morgan fingerprint density at radius 2 is 1.52 bits per heavy atom. The first-order valence-corrected chi connectivity index (χ1v) is 8.56. The first kappa shape index (κ1) is 23.1. The minimum Gasteiger partial charge on any atom is -0.481 e. The quantitative estimate of drug-likeness (QED) is 0.302. The predicted octanol–water partition coefficient (Wildman–Crippen LogP) is 2.91. The molecule has 140 valence electrons. The Labute approximate surface area is 150 Å². The van der Waals surface area contributed by atoms with Gasteiger partial charge in [0.25, 0.3) is 0 Å². The van der Waals surface area contributed by atoms with Gasteiger partial charge in [0.1, 0.15) is 0 Å². The van der Waals surface area contributed by atoms with Gasteiger partial charge in [0.15, 0.2) is 0 Å². The second-order valence-electron chi connectivity index (χ2n) is 5.57. The van der Waals surface area contributed by atoms with E-state index in [1.54, 1.807) is 42.5 Å². The fourth-order valence-electron chi connectivity index (χ4n) is 1.87. The van der Waals surface area contributed by atoms with Crippen LogP contribution in [0.15, 0.2) is 60.8 Å². The van der Waals surface area contributed by atoms with Crippen LogP contribution < -0.4 is 0 Å². The van der Waals surface area contributed by atoms with E-state index in [1.807, 2.05) is 19.1 Å². The molecule has 0 radical (unpaired) electrons. The minimum atomic E-state index is -1.02. The Bertz CT molecular complexity index is 488. The lowest BCUT2D eigenvalue weighted by Gasteiger charge is -2.13. The van der Waals surface area contributed by atoms with E-state index in [1.165, 1.54) is 6.08 Å². The third-order valence-electron chi connectivity index (χ3n) is 3.26. The lowest BCUT2D eigenvalue weighted by Crippen LogP contribution is -2.23. The van der Waals surface area contributed by atoms with Crippen LogP contribution in [0.3, 0.4) is 0 Å². The molecule has 3 atom stereocenters. The maximum Gasteiger partial charge on any atom is 0.303 e. The van der Waals surface area contributed by atoms with E-state index in [2.05, 4.69) is 0 Å². The number of carboxylic acids is 1. The largest absolute Gasteiger partial charge is 0.481 e. The normalized spacial score (nSPS) is 16.6. The summed E-state index contributed by atoms with van der Waals surface area (Å²) in [5, 5.41) is 37.5. The lowest BCUT2D eigenvalue weighted by molar-refractivity contribution is -0.137. The van der Waals surface area contributed by atoms with Crippen molar-refractivity contribution in [1.29, 1.82) is 0 Å². The number of carbonyl (C=O) groups is 1. The Morgan fingerprint density at radius 3 is 2.12 bits per heavy atom. The van der Waals surface area contributed by atoms with Crippen molar-refractivity contribution < 1.29 is 25.2 Å². The summed E-state index contributed by atoms with van der Waals surface area (Å²) in [7, 11) is 0. The molecule has 0 aromatic heterocycles. The van der Waals surface area contributed by atoms with Crippen LogP contribution >= 0.6 is 0 Å². The highest BCUT2D eigenvalue weighted by Gasteiger charge is 2.12. The van der Waals surface area contributed by atoms with E-state index < -0.39 is 24.3 Å². The van der Waals surface area contributed by atoms with Gasteiger partial charge in [-0.3, -0.25) is 4.79 Å². The number of aliphatic carboxylic acids is 1. The van der Waals surface area contributed by atoms with Gasteiger partial charge in [-0.2, -0.15) is 0 Å². The molecule has 0 aliphatic carbocycles. The molecule has 4 N–H and O–H groups in total. The van der Waals surface area contributed by atoms with Gasteiger partial charge in [-0.15, -0.1) is 0 Å². The molecule has 0 spiro atoms. The van der Waals surface area contributed by atoms with Crippen molar-refractivity contribution in [2.45, 2.75) is 57.3 Å². The molecule has 0 bridgehead atoms. The monoisotopic (exact) mass is 350 g/mol. The summed E-state index contributed by atoms with van der Waals surface area (Å²) in [6.07, 6.45) is 17.2. The molecule has 0 aromatic rings. The van der Waals surface area contributed by atoms with Gasteiger partial charge in [0.05, 0.1) is 18.3 Å². The van der Waals surface area contributed by atoms with Gasteiger partial charge in [0, 0.05) is 6.42 Å². The molecular weight excluding hydrogens is 320 g/mol. The molecule has 0 saturated carbocycles. The molecule has 2 unspecified atom stereocenters. The molecule has 0 amide bonds. The van der Waals surface area contributed by atoms with Crippen molar-refractivity contribution >= 4 is 5.97 Å². The van der Waals surface area contributed by atoms with Gasteiger partial charge >= 0.3 is 5.97 Å². The molecule has 25 heavy (non-hydrogen) atoms. The number of hydrogen-bond acceptors (Lipinski definition) is 4. The minimum absolute atomic E-state index is 0.0186. The number of allylic oxidation sites excluding steroid dienone is 7. The summed E-state index contributed by atoms with van der Waals surface area (Å²) >= 11 is 0. The molecule has 0 aliphatic heterocycles. The molecule has 5 nitrogen and oxygen atoms in total. The smallest absolute Gasteiger partial charge is 0.303 e. The summed E-state index contributed by atoms with van der Waals surface area (Å²) in [6.45, 7) is 2.04. The maximum atomic E-state index is 10.4. The Balaban J connectivity index is 4.02. The van der Waals surface area contributed by atoms with Gasteiger partial charge in [-0.25, -0.2) is 0 Å². The van der Waals surface area contributed by atoms with E-state index in [0.29, 0.717) is 12.8 Å². The summed E-state index contributed by atoms with van der Waals surface area (Å²) in [5.74, 6) is -0.911. The van der Waals surface area contributed by atoms with Crippen molar-refractivity contribution in [2.24, 2.45) is 0 Å². The molecular formula is C20H30O5. The molecule has 5 heteroatoms. The molecule has 0 aromatic carbocycles. The molecule has 0 heterocycles. The number of aliphatic hydroxyl groups excluding tert-OH is 3. The third-order valence-corrected chi connectivity index (χ3v) is 3.26. The zero-order chi connectivity index (χ0) is 18.9. The fraction of sp³-hybridized carbons (Fsp3) is 0.450. The van der Waals surface area contributed by atoms with Crippen LogP contribution in [0.4, 0.5) is 0 Å². The Kier molecular flexibility index (Phi) is 14.4. The van der Waals surface area contributed by atoms with E-state index in [-0.39, 0.29) is 12.8 Å². The van der Waals surface area contributed by atoms with Gasteiger partial charge < -0.3 is 20.4 Å². The maximum absolute atomic E-state index is 10.4. The number of aliphatic hydroxyl groups is 3. The van der Waals surface area contributed by atoms with Crippen LogP contribution in [0.2, 0.25) is 0 Å². The average molecular weight is 350 g/mol. The van der Waals surface area contributed by atoms with Gasteiger partial charge in [-0.1, -0.05) is 67.7 Å². The van der Waals surface area contributed by atoms with Crippen LogP contribution in [0.25, 0.3) is 0 Å². The fourth-order valence-corrected chi connectivity index (χ4v) is 1.87. The summed E-state index contributed by atoms with van der Waals surface area (Å²) < 4.78 is 0. The topological polar surface area (TPSA) is 98.0 Å². The van der Waals surface area contributed by atoms with Crippen LogP contribution in [0, 0.1) is 0 Å². The van der Waals surface area contributed by atoms with Crippen molar-refractivity contribution in [1.82, 2.24) is 0 Å². The SMILES string of the molecule is CCC=CCC(O)/C=C/C=C/C=CC=C[C@@H](O)C(O)CCCC(=O)O. The zero-order valence-electron chi connectivity index (χ0n) is 14.7. The first-order chi connectivity index (χ1) is 12.0. The number of carboxylic acid groups (broad SMARTS) is 1.